The van der Waals surface area contributed by atoms with Gasteiger partial charge < -0.3 is 15.5 Å². The van der Waals surface area contributed by atoms with E-state index in [4.69, 9.17) is 9.97 Å². The lowest BCUT2D eigenvalue weighted by Crippen LogP contribution is -2.41. The van der Waals surface area contributed by atoms with Gasteiger partial charge in [-0.2, -0.15) is 8.42 Å². The van der Waals surface area contributed by atoms with E-state index in [-0.39, 0.29) is 39.4 Å². The topological polar surface area (TPSA) is 146 Å². The van der Waals surface area contributed by atoms with Gasteiger partial charge in [0.1, 0.15) is 11.6 Å². The minimum Gasteiger partial charge on any atom is -0.362 e. The van der Waals surface area contributed by atoms with E-state index in [1.165, 1.54) is 13.0 Å². The molecular weight excluding hydrogens is 578 g/mol. The third-order valence-corrected chi connectivity index (χ3v) is 9.49. The van der Waals surface area contributed by atoms with Gasteiger partial charge in [-0.15, -0.1) is 0 Å². The third kappa shape index (κ3) is 6.85. The molecule has 0 aliphatic carbocycles. The van der Waals surface area contributed by atoms with E-state index in [1.807, 2.05) is 12.1 Å². The fourth-order valence-electron chi connectivity index (χ4n) is 5.92. The molecule has 5 heterocycles. The summed E-state index contributed by atoms with van der Waals surface area (Å²) < 4.78 is 29.1. The molecule has 0 spiro atoms. The number of carbonyl (C=O) groups is 2. The van der Waals surface area contributed by atoms with Gasteiger partial charge in [-0.1, -0.05) is 32.9 Å². The fraction of sp³-hybridized carbons (Fsp3) is 0.469. The zero-order chi connectivity index (χ0) is 31.9. The maximum Gasteiger partial charge on any atom is 0.281 e. The Bertz CT molecular complexity index is 1670. The Morgan fingerprint density at radius 1 is 1.09 bits per heavy atom. The van der Waals surface area contributed by atoms with E-state index in [0.29, 0.717) is 31.1 Å². The van der Waals surface area contributed by atoms with Crippen molar-refractivity contribution in [1.82, 2.24) is 25.0 Å². The number of sulfonamides is 1. The van der Waals surface area contributed by atoms with E-state index in [0.717, 1.165) is 29.8 Å². The number of nitrogens with zero attached hydrogens (tertiary/aromatic N) is 4. The van der Waals surface area contributed by atoms with Gasteiger partial charge in [-0.25, -0.2) is 14.7 Å². The summed E-state index contributed by atoms with van der Waals surface area (Å²) in [4.78, 5) is 41.2. The monoisotopic (exact) mass is 619 g/mol. The molecule has 3 N–H and O–H groups in total. The van der Waals surface area contributed by atoms with Crippen LogP contribution in [0.1, 0.15) is 94.2 Å². The predicted molar refractivity (Wildman–Crippen MR) is 169 cm³/mol. The van der Waals surface area contributed by atoms with Crippen LogP contribution in [0.25, 0.3) is 0 Å². The fourth-order valence-corrected chi connectivity index (χ4v) is 6.86. The lowest BCUT2D eigenvalue weighted by molar-refractivity contribution is -0.119. The summed E-state index contributed by atoms with van der Waals surface area (Å²) in [5, 5.41) is 5.91. The molecule has 3 aromatic rings. The molecular formula is C32H41N7O4S. The maximum atomic E-state index is 13.6. The van der Waals surface area contributed by atoms with Crippen LogP contribution in [0.5, 0.6) is 0 Å². The highest BCUT2D eigenvalue weighted by molar-refractivity contribution is 7.90. The van der Waals surface area contributed by atoms with Gasteiger partial charge in [0, 0.05) is 42.9 Å². The number of hydrogen-bond donors (Lipinski definition) is 3. The molecule has 4 bridgehead atoms. The molecule has 5 rings (SSSR count). The van der Waals surface area contributed by atoms with Crippen molar-refractivity contribution in [2.75, 3.05) is 16.8 Å². The smallest absolute Gasteiger partial charge is 0.281 e. The second-order valence-corrected chi connectivity index (χ2v) is 15.0. The average Bonchev–Trinajstić information content (AvgIpc) is 3.26. The number of anilines is 2. The summed E-state index contributed by atoms with van der Waals surface area (Å²) in [7, 11) is -4.30. The Labute approximate surface area is 259 Å². The van der Waals surface area contributed by atoms with Crippen molar-refractivity contribution in [1.29, 1.82) is 0 Å². The molecule has 1 saturated heterocycles. The van der Waals surface area contributed by atoms with Gasteiger partial charge in [-0.3, -0.25) is 14.6 Å². The largest absolute Gasteiger partial charge is 0.362 e. The van der Waals surface area contributed by atoms with Crippen LogP contribution in [0, 0.1) is 5.92 Å². The summed E-state index contributed by atoms with van der Waals surface area (Å²) in [6.45, 7) is 13.0. The predicted octanol–water partition coefficient (Wildman–Crippen LogP) is 4.48. The van der Waals surface area contributed by atoms with Gasteiger partial charge in [0.2, 0.25) is 5.91 Å². The molecule has 0 aromatic carbocycles. The van der Waals surface area contributed by atoms with Crippen molar-refractivity contribution in [3.05, 3.63) is 71.2 Å². The Morgan fingerprint density at radius 2 is 1.86 bits per heavy atom. The average molecular weight is 620 g/mol. The summed E-state index contributed by atoms with van der Waals surface area (Å²) >= 11 is 0. The third-order valence-electron chi connectivity index (χ3n) is 8.26. The molecule has 11 nitrogen and oxygen atoms in total. The van der Waals surface area contributed by atoms with Crippen LogP contribution in [0.3, 0.4) is 0 Å². The molecule has 0 saturated carbocycles. The molecule has 3 aromatic heterocycles. The highest BCUT2D eigenvalue weighted by Gasteiger charge is 2.41. The molecule has 44 heavy (non-hydrogen) atoms. The summed E-state index contributed by atoms with van der Waals surface area (Å²) in [5.41, 5.74) is 2.08. The van der Waals surface area contributed by atoms with Crippen LogP contribution >= 0.6 is 0 Å². The molecule has 234 valence electrons. The van der Waals surface area contributed by atoms with Crippen LogP contribution in [-0.4, -0.2) is 47.3 Å². The zero-order valence-electron chi connectivity index (χ0n) is 26.1. The number of hydrogen-bond acceptors (Lipinski definition) is 9. The first-order valence-electron chi connectivity index (χ1n) is 14.9. The molecule has 2 aliphatic heterocycles. The minimum atomic E-state index is -4.30. The molecule has 1 unspecified atom stereocenters. The number of rotatable bonds is 3. The summed E-state index contributed by atoms with van der Waals surface area (Å²) in [6, 6.07) is 11.7. The Morgan fingerprint density at radius 3 is 2.55 bits per heavy atom. The SMILES string of the molecule is CC(=O)NCc1ccc(C2CC[C@@H]3CN(c4nc(C(C)(C)C)ccc4C(=O)NS(=O)(=O)c4cccc(n4)N2)C(C)(C)C3)nc1. The maximum absolute atomic E-state index is 13.6. The minimum absolute atomic E-state index is 0.115. The Balaban J connectivity index is 1.56. The molecule has 1 fully saturated rings. The van der Waals surface area contributed by atoms with Crippen LogP contribution in [-0.2, 0) is 26.8 Å². The van der Waals surface area contributed by atoms with Crippen LogP contribution in [0.15, 0.2) is 53.7 Å². The van der Waals surface area contributed by atoms with E-state index in [2.05, 4.69) is 59.9 Å². The molecule has 2 amide bonds. The lowest BCUT2D eigenvalue weighted by Gasteiger charge is -2.34. The zero-order valence-corrected chi connectivity index (χ0v) is 27.0. The first kappa shape index (κ1) is 31.4. The number of nitrogens with one attached hydrogen (secondary N) is 3. The second kappa shape index (κ2) is 11.8. The van der Waals surface area contributed by atoms with Crippen molar-refractivity contribution in [3.63, 3.8) is 0 Å². The van der Waals surface area contributed by atoms with Crippen molar-refractivity contribution in [2.45, 2.75) is 89.4 Å². The van der Waals surface area contributed by atoms with Crippen LogP contribution in [0.4, 0.5) is 11.6 Å². The van der Waals surface area contributed by atoms with Gasteiger partial charge >= 0.3 is 0 Å². The normalized spacial score (nSPS) is 21.2. The van der Waals surface area contributed by atoms with E-state index >= 15 is 0 Å². The summed E-state index contributed by atoms with van der Waals surface area (Å²) in [6.07, 6.45) is 4.18. The molecule has 2 atom stereocenters. The van der Waals surface area contributed by atoms with Crippen molar-refractivity contribution in [3.8, 4) is 0 Å². The van der Waals surface area contributed by atoms with Gasteiger partial charge in [0.25, 0.3) is 15.9 Å². The number of carbonyl (C=O) groups excluding carboxylic acids is 2. The Kier molecular flexibility index (Phi) is 8.41. The number of amides is 2. The number of fused-ring (bicyclic) bond motifs is 6. The van der Waals surface area contributed by atoms with E-state index in [9.17, 15) is 18.0 Å². The highest BCUT2D eigenvalue weighted by Crippen LogP contribution is 2.41. The Hall–Kier alpha value is -4.06. The number of aromatic nitrogens is 3. The second-order valence-electron chi connectivity index (χ2n) is 13.4. The van der Waals surface area contributed by atoms with Gasteiger partial charge in [0.15, 0.2) is 5.03 Å². The first-order chi connectivity index (χ1) is 20.6. The standard InChI is InChI=1S/C32H41N7O4S/c1-20(40)33-17-22-11-13-24(34-18-22)25-14-10-21-16-32(5,6)39(19-21)29-23(12-15-26(36-29)31(2,3)4)30(41)38-44(42,43)28-9-7-8-27(35-25)37-28/h7-9,11-13,15,18,21,25H,10,14,16-17,19H2,1-6H3,(H,33,40)(H,35,37)(H,38,41)/t21-,25?/m0/s1. The molecule has 12 heteroatoms. The highest BCUT2D eigenvalue weighted by atomic mass is 32.2. The molecule has 2 aliphatic rings. The van der Waals surface area contributed by atoms with Crippen molar-refractivity contribution < 1.29 is 18.0 Å². The summed E-state index contributed by atoms with van der Waals surface area (Å²) in [5.74, 6) is 0.270. The van der Waals surface area contributed by atoms with Gasteiger partial charge in [-0.05, 0) is 74.9 Å². The van der Waals surface area contributed by atoms with Gasteiger partial charge in [0.05, 0.1) is 17.3 Å². The van der Waals surface area contributed by atoms with Crippen LogP contribution < -0.4 is 20.3 Å². The molecule has 0 radical (unpaired) electrons. The first-order valence-corrected chi connectivity index (χ1v) is 16.4. The van der Waals surface area contributed by atoms with E-state index in [1.54, 1.807) is 30.5 Å². The van der Waals surface area contributed by atoms with E-state index < -0.39 is 15.9 Å². The van der Waals surface area contributed by atoms with Crippen molar-refractivity contribution in [2.24, 2.45) is 5.92 Å². The van der Waals surface area contributed by atoms with Crippen molar-refractivity contribution >= 4 is 33.5 Å². The quantitative estimate of drug-likeness (QED) is 0.386. The van der Waals surface area contributed by atoms with Crippen LogP contribution in [0.2, 0.25) is 0 Å². The lowest BCUT2D eigenvalue weighted by atomic mass is 9.90. The number of pyridine rings is 3.